The molecule has 0 spiro atoms. The van der Waals surface area contributed by atoms with E-state index in [2.05, 4.69) is 13.8 Å². The van der Waals surface area contributed by atoms with Gasteiger partial charge in [0.2, 0.25) is 0 Å². The van der Waals surface area contributed by atoms with Gasteiger partial charge >= 0.3 is 59.1 Å². The molecule has 0 aliphatic rings. The topological polar surface area (TPSA) is 207 Å². The summed E-state index contributed by atoms with van der Waals surface area (Å²) in [7, 11) is -8.48. The van der Waals surface area contributed by atoms with Crippen molar-refractivity contribution in [3.63, 3.8) is 0 Å². The molecule has 0 saturated heterocycles. The number of hydrogen-bond donors (Lipinski definition) is 2. The van der Waals surface area contributed by atoms with E-state index in [1.807, 2.05) is 0 Å². The van der Waals surface area contributed by atoms with Crippen molar-refractivity contribution in [3.8, 4) is 0 Å². The van der Waals surface area contributed by atoms with Gasteiger partial charge in [-0.25, -0.2) is 0 Å². The van der Waals surface area contributed by atoms with Crippen LogP contribution in [0, 0.1) is 0 Å². The molecule has 0 aromatic heterocycles. The molecule has 2 aromatic rings. The summed E-state index contributed by atoms with van der Waals surface area (Å²) in [6, 6.07) is 17.0. The zero-order valence-corrected chi connectivity index (χ0v) is 48.2. The number of rotatable bonds is 42. The standard InChI is InChI=1S/2C26H44O6S.2Na/c2*1-2-3-4-5-6-7-8-9-10-11-12-13-14-18-21-26(25(27)28,24-19-16-15-17-20-24)32-22-23-33(29,30)31;;/h2*15-17,19-20H,2-14,18,21-23H2,1H3,(H,27,28)(H,29,30,31);;/q;;2*+1/p-2. The maximum atomic E-state index is 12.1. The van der Waals surface area contributed by atoms with E-state index in [0.29, 0.717) is 24.0 Å². The van der Waals surface area contributed by atoms with Crippen molar-refractivity contribution in [2.24, 2.45) is 0 Å². The fourth-order valence-electron chi connectivity index (χ4n) is 8.35. The van der Waals surface area contributed by atoms with Crippen molar-refractivity contribution in [2.75, 3.05) is 24.7 Å². The molecule has 2 aromatic carbocycles. The minimum atomic E-state index is -4.24. The number of carbonyl (C=O) groups is 2. The van der Waals surface area contributed by atoms with E-state index in [9.17, 15) is 36.6 Å². The van der Waals surface area contributed by atoms with Gasteiger partial charge in [0.15, 0.2) is 0 Å². The number of aliphatic carboxylic acids is 2. The van der Waals surface area contributed by atoms with Gasteiger partial charge < -0.3 is 29.3 Å². The Hall–Kier alpha value is -0.880. The molecule has 0 radical (unpaired) electrons. The fraction of sp³-hybridized carbons (Fsp3) is 0.731. The molecule has 2 atom stereocenters. The summed E-state index contributed by atoms with van der Waals surface area (Å²) in [6.07, 6.45) is 34.0. The van der Waals surface area contributed by atoms with Crippen LogP contribution in [0.5, 0.6) is 0 Å². The fourth-order valence-corrected chi connectivity index (χ4v) is 8.94. The van der Waals surface area contributed by atoms with Gasteiger partial charge in [-0.2, -0.15) is 16.8 Å². The Morgan fingerprint density at radius 3 is 0.853 bits per heavy atom. The maximum absolute atomic E-state index is 12.1. The molecule has 68 heavy (non-hydrogen) atoms. The maximum Gasteiger partial charge on any atom is 1.00 e. The summed E-state index contributed by atoms with van der Waals surface area (Å²) in [4.78, 5) is 24.2. The van der Waals surface area contributed by atoms with Crippen molar-refractivity contribution in [3.05, 3.63) is 71.8 Å². The van der Waals surface area contributed by atoms with Gasteiger partial charge in [-0.15, -0.1) is 0 Å². The Balaban J connectivity index is 0. The van der Waals surface area contributed by atoms with Gasteiger partial charge in [0.05, 0.1) is 36.7 Å². The van der Waals surface area contributed by atoms with E-state index in [1.54, 1.807) is 60.7 Å². The Labute approximate surface area is 456 Å². The molecule has 2 unspecified atom stereocenters. The molecule has 2 N–H and O–H groups in total. The molecule has 0 aliphatic carbocycles. The molecule has 16 heteroatoms. The number of unbranched alkanes of at least 4 members (excludes halogenated alkanes) is 26. The van der Waals surface area contributed by atoms with Gasteiger partial charge in [-0.05, 0) is 36.8 Å². The van der Waals surface area contributed by atoms with Crippen LogP contribution < -0.4 is 69.3 Å². The van der Waals surface area contributed by atoms with Gasteiger partial charge in [0.1, 0.15) is 11.2 Å². The van der Waals surface area contributed by atoms with E-state index in [0.717, 1.165) is 38.5 Å². The largest absolute Gasteiger partial charge is 1.00 e. The summed E-state index contributed by atoms with van der Waals surface area (Å²) in [6.45, 7) is 3.65. The summed E-state index contributed by atoms with van der Waals surface area (Å²) in [5.41, 5.74) is -2.59. The second-order valence-electron chi connectivity index (χ2n) is 17.9. The van der Waals surface area contributed by atoms with E-state index in [-0.39, 0.29) is 72.0 Å². The zero-order valence-electron chi connectivity index (χ0n) is 42.6. The normalized spacial score (nSPS) is 13.2. The Morgan fingerprint density at radius 1 is 0.426 bits per heavy atom. The molecular weight excluding hydrogens is 927 g/mol. The van der Waals surface area contributed by atoms with Crippen LogP contribution in [0.1, 0.15) is 218 Å². The molecule has 0 heterocycles. The number of benzene rings is 2. The summed E-state index contributed by atoms with van der Waals surface area (Å²) in [5.74, 6) is -4.10. The van der Waals surface area contributed by atoms with Crippen LogP contribution in [0.3, 0.4) is 0 Å². The predicted molar refractivity (Wildman–Crippen MR) is 261 cm³/mol. The number of carbonyl (C=O) groups excluding carboxylic acids is 2. The number of carboxylic acids is 2. The van der Waals surface area contributed by atoms with Crippen LogP contribution in [-0.2, 0) is 50.5 Å². The molecule has 12 nitrogen and oxygen atoms in total. The molecule has 380 valence electrons. The first-order valence-corrected chi connectivity index (χ1v) is 28.6. The monoisotopic (exact) mass is 1010 g/mol. The van der Waals surface area contributed by atoms with E-state index < -0.39 is 68.1 Å². The predicted octanol–water partition coefficient (Wildman–Crippen LogP) is 4.82. The third-order valence-corrected chi connectivity index (χ3v) is 13.6. The summed E-state index contributed by atoms with van der Waals surface area (Å²) < 4.78 is 73.2. The minimum Gasteiger partial charge on any atom is -0.547 e. The molecule has 0 saturated carbocycles. The number of ether oxygens (including phenoxy) is 2. The zero-order chi connectivity index (χ0) is 48.8. The average Bonchev–Trinajstić information content (AvgIpc) is 3.28. The van der Waals surface area contributed by atoms with Crippen LogP contribution in [-0.4, -0.2) is 62.6 Å². The Bertz CT molecular complexity index is 1610. The number of carboxylic acid groups (broad SMARTS) is 2. The van der Waals surface area contributed by atoms with Crippen LogP contribution in [0.4, 0.5) is 0 Å². The molecule has 0 bridgehead atoms. The van der Waals surface area contributed by atoms with Gasteiger partial charge in [-0.1, -0.05) is 241 Å². The molecule has 2 rings (SSSR count). The van der Waals surface area contributed by atoms with E-state index >= 15 is 0 Å². The van der Waals surface area contributed by atoms with Gasteiger partial charge in [0.25, 0.3) is 20.2 Å². The number of hydrogen-bond acceptors (Lipinski definition) is 10. The van der Waals surface area contributed by atoms with Crippen molar-refractivity contribution in [2.45, 2.75) is 218 Å². The van der Waals surface area contributed by atoms with Crippen LogP contribution >= 0.6 is 0 Å². The quantitative estimate of drug-likeness (QED) is 0.0522. The second-order valence-corrected chi connectivity index (χ2v) is 21.1. The van der Waals surface area contributed by atoms with Crippen molar-refractivity contribution in [1.82, 2.24) is 0 Å². The SMILES string of the molecule is CCCCCCCCCCCCCCCCC(OCCS(=O)(=O)O)(C(=O)[O-])c1ccccc1.CCCCCCCCCCCCCCCCC(OCCS(=O)(=O)O)(C(=O)[O-])c1ccccc1.[Na+].[Na+]. The van der Waals surface area contributed by atoms with Crippen LogP contribution in [0.2, 0.25) is 0 Å². The Kier molecular flexibility index (Phi) is 43.4. The summed E-state index contributed by atoms with van der Waals surface area (Å²) >= 11 is 0. The van der Waals surface area contributed by atoms with Crippen LogP contribution in [0.25, 0.3) is 0 Å². The van der Waals surface area contributed by atoms with Gasteiger partial charge in [-0.3, -0.25) is 9.11 Å². The molecule has 0 amide bonds. The summed E-state index contributed by atoms with van der Waals surface area (Å²) in [5, 5.41) is 24.2. The molecule has 0 aliphatic heterocycles. The first kappa shape index (κ1) is 69.2. The van der Waals surface area contributed by atoms with Crippen molar-refractivity contribution < 1.29 is 114 Å². The molecule has 0 fully saturated rings. The Morgan fingerprint density at radius 2 is 0.647 bits per heavy atom. The smallest absolute Gasteiger partial charge is 0.547 e. The first-order chi connectivity index (χ1) is 31.6. The molecular formula is C52H86Na2O12S2. The average molecular weight is 1010 g/mol. The minimum absolute atomic E-state index is 0. The van der Waals surface area contributed by atoms with Crippen LogP contribution in [0.15, 0.2) is 60.7 Å². The second kappa shape index (κ2) is 42.6. The van der Waals surface area contributed by atoms with Crippen molar-refractivity contribution in [1.29, 1.82) is 0 Å². The van der Waals surface area contributed by atoms with E-state index in [4.69, 9.17) is 18.6 Å². The van der Waals surface area contributed by atoms with Gasteiger partial charge in [0, 0.05) is 0 Å². The first-order valence-electron chi connectivity index (χ1n) is 25.4. The van der Waals surface area contributed by atoms with Crippen molar-refractivity contribution >= 4 is 32.2 Å². The third-order valence-electron chi connectivity index (χ3n) is 12.3. The third kappa shape index (κ3) is 33.7. The van der Waals surface area contributed by atoms with E-state index in [1.165, 1.54) is 128 Å².